The van der Waals surface area contributed by atoms with Crippen molar-refractivity contribution in [2.24, 2.45) is 0 Å². The van der Waals surface area contributed by atoms with E-state index < -0.39 is 0 Å². The third-order valence-corrected chi connectivity index (χ3v) is 6.35. The summed E-state index contributed by atoms with van der Waals surface area (Å²) in [5, 5.41) is 12.0. The summed E-state index contributed by atoms with van der Waals surface area (Å²) in [4.78, 5) is 21.8. The molecule has 1 aromatic carbocycles. The molecular formula is C25H21ClN6O. The number of amides is 1. The Morgan fingerprint density at radius 3 is 2.67 bits per heavy atom. The number of nitrogens with zero attached hydrogens (tertiary/aromatic N) is 5. The molecule has 3 heterocycles. The molecule has 0 unspecified atom stereocenters. The quantitative estimate of drug-likeness (QED) is 0.413. The van der Waals surface area contributed by atoms with Crippen LogP contribution in [0, 0.1) is 0 Å². The number of carbonyl (C=O) groups is 1. The molecular weight excluding hydrogens is 436 g/mol. The van der Waals surface area contributed by atoms with Crippen LogP contribution in [0.4, 0.5) is 5.69 Å². The normalized spacial score (nSPS) is 15.4. The van der Waals surface area contributed by atoms with Crippen molar-refractivity contribution in [1.29, 1.82) is 0 Å². The van der Waals surface area contributed by atoms with Gasteiger partial charge in [0, 0.05) is 41.2 Å². The van der Waals surface area contributed by atoms with Crippen LogP contribution in [0.2, 0.25) is 5.02 Å². The van der Waals surface area contributed by atoms with Gasteiger partial charge in [0.05, 0.1) is 10.7 Å². The lowest BCUT2D eigenvalue weighted by atomic mass is 10.1. The van der Waals surface area contributed by atoms with E-state index in [9.17, 15) is 4.79 Å². The van der Waals surface area contributed by atoms with Crippen molar-refractivity contribution >= 4 is 23.2 Å². The van der Waals surface area contributed by atoms with Gasteiger partial charge < -0.3 is 9.88 Å². The standard InChI is InChI=1S/C25H21ClN6O/c26-21-11-18(13-28-23(21)15-4-5-15)16-8-9-27-22(12-16)25(33)30-19-3-1-2-17(10-19)24-31-29-14-32(24)20-6-7-20/h1-3,8-15,20H,4-7H2,(H,30,33). The molecule has 0 atom stereocenters. The van der Waals surface area contributed by atoms with E-state index in [1.54, 1.807) is 18.6 Å². The van der Waals surface area contributed by atoms with Gasteiger partial charge in [-0.15, -0.1) is 10.2 Å². The number of hydrogen-bond acceptors (Lipinski definition) is 5. The number of rotatable bonds is 6. The molecule has 2 saturated carbocycles. The van der Waals surface area contributed by atoms with Crippen molar-refractivity contribution in [3.8, 4) is 22.5 Å². The molecule has 2 aliphatic rings. The highest BCUT2D eigenvalue weighted by atomic mass is 35.5. The second-order valence-electron chi connectivity index (χ2n) is 8.62. The maximum absolute atomic E-state index is 13.0. The predicted molar refractivity (Wildman–Crippen MR) is 126 cm³/mol. The minimum atomic E-state index is -0.286. The lowest BCUT2D eigenvalue weighted by Crippen LogP contribution is -2.13. The monoisotopic (exact) mass is 456 g/mol. The third kappa shape index (κ3) is 4.12. The summed E-state index contributed by atoms with van der Waals surface area (Å²) in [5.74, 6) is 1.01. The average Bonchev–Trinajstić information content (AvgIpc) is 3.78. The van der Waals surface area contributed by atoms with Crippen molar-refractivity contribution in [3.63, 3.8) is 0 Å². The van der Waals surface area contributed by atoms with Crippen molar-refractivity contribution in [3.05, 3.63) is 77.6 Å². The van der Waals surface area contributed by atoms with Gasteiger partial charge in [-0.25, -0.2) is 0 Å². The number of nitrogens with one attached hydrogen (secondary N) is 1. The van der Waals surface area contributed by atoms with Gasteiger partial charge in [-0.2, -0.15) is 0 Å². The Morgan fingerprint density at radius 2 is 1.88 bits per heavy atom. The minimum absolute atomic E-state index is 0.286. The summed E-state index contributed by atoms with van der Waals surface area (Å²) in [6, 6.07) is 13.6. The lowest BCUT2D eigenvalue weighted by molar-refractivity contribution is 0.102. The third-order valence-electron chi connectivity index (χ3n) is 6.05. The summed E-state index contributed by atoms with van der Waals surface area (Å²) in [6.45, 7) is 0. The average molecular weight is 457 g/mol. The molecule has 8 heteroatoms. The summed E-state index contributed by atoms with van der Waals surface area (Å²) >= 11 is 6.45. The number of halogens is 1. The second kappa shape index (κ2) is 8.08. The maximum Gasteiger partial charge on any atom is 0.274 e. The molecule has 164 valence electrons. The molecule has 2 aliphatic carbocycles. The molecule has 6 rings (SSSR count). The van der Waals surface area contributed by atoms with Crippen molar-refractivity contribution in [2.45, 2.75) is 37.6 Å². The van der Waals surface area contributed by atoms with Crippen LogP contribution in [-0.2, 0) is 0 Å². The number of anilines is 1. The lowest BCUT2D eigenvalue weighted by Gasteiger charge is -2.10. The Morgan fingerprint density at radius 1 is 1.00 bits per heavy atom. The summed E-state index contributed by atoms with van der Waals surface area (Å²) < 4.78 is 2.10. The zero-order valence-electron chi connectivity index (χ0n) is 17.8. The summed E-state index contributed by atoms with van der Waals surface area (Å²) in [6.07, 6.45) is 9.79. The van der Waals surface area contributed by atoms with E-state index >= 15 is 0 Å². The highest BCUT2D eigenvalue weighted by Crippen LogP contribution is 2.42. The van der Waals surface area contributed by atoms with Crippen molar-refractivity contribution in [1.82, 2.24) is 24.7 Å². The molecule has 0 saturated heterocycles. The summed E-state index contributed by atoms with van der Waals surface area (Å²) in [7, 11) is 0. The van der Waals surface area contributed by atoms with Gasteiger partial charge in [-0.1, -0.05) is 23.7 Å². The van der Waals surface area contributed by atoms with Gasteiger partial charge >= 0.3 is 0 Å². The van der Waals surface area contributed by atoms with E-state index in [1.807, 2.05) is 42.6 Å². The first-order chi connectivity index (χ1) is 16.2. The van der Waals surface area contributed by atoms with Crippen LogP contribution in [0.1, 0.15) is 53.8 Å². The fraction of sp³-hybridized carbons (Fsp3) is 0.240. The predicted octanol–water partition coefficient (Wildman–Crippen LogP) is 5.52. The van der Waals surface area contributed by atoms with Gasteiger partial charge in [0.15, 0.2) is 5.82 Å². The molecule has 0 bridgehead atoms. The molecule has 0 radical (unpaired) electrons. The molecule has 2 fully saturated rings. The van der Waals surface area contributed by atoms with E-state index in [-0.39, 0.29) is 5.91 Å². The van der Waals surface area contributed by atoms with Crippen LogP contribution >= 0.6 is 11.6 Å². The molecule has 7 nitrogen and oxygen atoms in total. The Balaban J connectivity index is 1.23. The van der Waals surface area contributed by atoms with Crippen LogP contribution in [-0.4, -0.2) is 30.6 Å². The van der Waals surface area contributed by atoms with Crippen LogP contribution in [0.15, 0.2) is 61.2 Å². The molecule has 0 aliphatic heterocycles. The van der Waals surface area contributed by atoms with Crippen LogP contribution in [0.5, 0.6) is 0 Å². The number of aromatic nitrogens is 5. The van der Waals surface area contributed by atoms with Crippen LogP contribution in [0.25, 0.3) is 22.5 Å². The highest BCUT2D eigenvalue weighted by Gasteiger charge is 2.28. The molecule has 1 amide bonds. The number of benzene rings is 1. The Hall–Kier alpha value is -3.58. The van der Waals surface area contributed by atoms with Crippen molar-refractivity contribution in [2.75, 3.05) is 5.32 Å². The Labute approximate surface area is 195 Å². The molecule has 33 heavy (non-hydrogen) atoms. The fourth-order valence-corrected chi connectivity index (χ4v) is 4.32. The van der Waals surface area contributed by atoms with E-state index in [1.165, 1.54) is 0 Å². The minimum Gasteiger partial charge on any atom is -0.321 e. The number of carbonyl (C=O) groups excluding carboxylic acids is 1. The van der Waals surface area contributed by atoms with Gasteiger partial charge in [0.25, 0.3) is 5.91 Å². The Kier molecular flexibility index (Phi) is 4.91. The molecule has 3 aromatic heterocycles. The molecule has 4 aromatic rings. The zero-order chi connectivity index (χ0) is 22.4. The second-order valence-corrected chi connectivity index (χ2v) is 9.03. The summed E-state index contributed by atoms with van der Waals surface area (Å²) in [5.41, 5.74) is 4.58. The topological polar surface area (TPSA) is 85.6 Å². The van der Waals surface area contributed by atoms with E-state index in [0.717, 1.165) is 53.9 Å². The first-order valence-corrected chi connectivity index (χ1v) is 11.5. The smallest absolute Gasteiger partial charge is 0.274 e. The fourth-order valence-electron chi connectivity index (χ4n) is 4.00. The Bertz CT molecular complexity index is 1360. The maximum atomic E-state index is 13.0. The van der Waals surface area contributed by atoms with Crippen LogP contribution in [0.3, 0.4) is 0 Å². The zero-order valence-corrected chi connectivity index (χ0v) is 18.5. The van der Waals surface area contributed by atoms with Gasteiger partial charge in [-0.3, -0.25) is 14.8 Å². The van der Waals surface area contributed by atoms with Crippen LogP contribution < -0.4 is 5.32 Å². The largest absolute Gasteiger partial charge is 0.321 e. The first kappa shape index (κ1) is 20.1. The van der Waals surface area contributed by atoms with Gasteiger partial charge in [0.2, 0.25) is 0 Å². The molecule has 1 N–H and O–H groups in total. The van der Waals surface area contributed by atoms with Gasteiger partial charge in [-0.05, 0) is 61.6 Å². The van der Waals surface area contributed by atoms with Crippen molar-refractivity contribution < 1.29 is 4.79 Å². The van der Waals surface area contributed by atoms with E-state index in [2.05, 4.69) is 30.0 Å². The SMILES string of the molecule is O=C(Nc1cccc(-c2nncn2C2CC2)c1)c1cc(-c2cnc(C3CC3)c(Cl)c2)ccn1. The first-order valence-electron chi connectivity index (χ1n) is 11.1. The van der Waals surface area contributed by atoms with E-state index in [0.29, 0.717) is 28.4 Å². The van der Waals surface area contributed by atoms with E-state index in [4.69, 9.17) is 11.6 Å². The highest BCUT2D eigenvalue weighted by molar-refractivity contribution is 6.31. The number of hydrogen-bond donors (Lipinski definition) is 1. The van der Waals surface area contributed by atoms with Gasteiger partial charge in [0.1, 0.15) is 12.0 Å². The molecule has 0 spiro atoms. The number of pyridine rings is 2.